The topological polar surface area (TPSA) is 25.8 Å². The molecule has 2 rings (SSSR count). The first-order valence-electron chi connectivity index (χ1n) is 4.82. The molecule has 0 bridgehead atoms. The molecule has 79 valence electrons. The average molecular weight is 213 g/mol. The minimum atomic E-state index is -0.455. The number of hydrogen-bond acceptors (Lipinski definition) is 2. The Morgan fingerprint density at radius 2 is 1.75 bits per heavy atom. The molecule has 0 N–H and O–H groups in total. The third-order valence-corrected chi connectivity index (χ3v) is 2.06. The summed E-state index contributed by atoms with van der Waals surface area (Å²) in [5, 5.41) is 0. The zero-order valence-electron chi connectivity index (χ0n) is 8.60. The van der Waals surface area contributed by atoms with E-state index in [4.69, 9.17) is 0 Å². The van der Waals surface area contributed by atoms with Gasteiger partial charge in [0.25, 0.3) is 0 Å². The van der Waals surface area contributed by atoms with Gasteiger partial charge < -0.3 is 0 Å². The fourth-order valence-electron chi connectivity index (χ4n) is 1.36. The summed E-state index contributed by atoms with van der Waals surface area (Å²) >= 11 is 0. The van der Waals surface area contributed by atoms with Gasteiger partial charge in [0.1, 0.15) is 5.83 Å². The van der Waals surface area contributed by atoms with Gasteiger partial charge in [0.15, 0.2) is 5.82 Å². The van der Waals surface area contributed by atoms with E-state index < -0.39 is 5.83 Å². The first-order valence-corrected chi connectivity index (χ1v) is 4.82. The highest BCUT2D eigenvalue weighted by molar-refractivity contribution is 5.60. The molecule has 0 spiro atoms. The Hall–Kier alpha value is -2.03. The lowest BCUT2D eigenvalue weighted by molar-refractivity contribution is 0.673. The Kier molecular flexibility index (Phi) is 3.05. The molecule has 16 heavy (non-hydrogen) atoms. The summed E-state index contributed by atoms with van der Waals surface area (Å²) in [4.78, 5) is 8.25. The van der Waals surface area contributed by atoms with Gasteiger partial charge in [-0.05, 0) is 17.7 Å². The van der Waals surface area contributed by atoms with Crippen LogP contribution in [0.3, 0.4) is 0 Å². The standard InChI is InChI=1S/C13H10FN2/c1-10(14)9-11-3-5-12(6-4-11)13-15-7-2-8-16-13/h2-9H,1H2/b10-9+. The minimum Gasteiger partial charge on any atom is -0.237 e. The monoisotopic (exact) mass is 213 g/mol. The van der Waals surface area contributed by atoms with Crippen LogP contribution in [0.25, 0.3) is 17.5 Å². The van der Waals surface area contributed by atoms with Crippen molar-refractivity contribution in [1.82, 2.24) is 9.97 Å². The van der Waals surface area contributed by atoms with Gasteiger partial charge in [-0.15, -0.1) is 0 Å². The molecule has 0 atom stereocenters. The third-order valence-electron chi connectivity index (χ3n) is 2.06. The fourth-order valence-corrected chi connectivity index (χ4v) is 1.36. The SMILES string of the molecule is [CH2]/C(F)=C\c1ccc(-c2ncccn2)cc1. The number of benzene rings is 1. The lowest BCUT2D eigenvalue weighted by atomic mass is 10.1. The molecular formula is C13H10FN2. The Balaban J connectivity index is 2.30. The van der Waals surface area contributed by atoms with Crippen molar-refractivity contribution in [1.29, 1.82) is 0 Å². The molecule has 0 aliphatic carbocycles. The second-order valence-electron chi connectivity index (χ2n) is 3.29. The van der Waals surface area contributed by atoms with Crippen molar-refractivity contribution in [2.45, 2.75) is 0 Å². The van der Waals surface area contributed by atoms with E-state index in [2.05, 4.69) is 16.9 Å². The largest absolute Gasteiger partial charge is 0.237 e. The Morgan fingerprint density at radius 3 is 2.31 bits per heavy atom. The lowest BCUT2D eigenvalue weighted by Crippen LogP contribution is -1.86. The van der Waals surface area contributed by atoms with Crippen molar-refractivity contribution in [3.63, 3.8) is 0 Å². The zero-order chi connectivity index (χ0) is 11.4. The van der Waals surface area contributed by atoms with E-state index >= 15 is 0 Å². The number of halogens is 1. The molecule has 0 unspecified atom stereocenters. The van der Waals surface area contributed by atoms with Crippen LogP contribution >= 0.6 is 0 Å². The summed E-state index contributed by atoms with van der Waals surface area (Å²) in [6, 6.07) is 9.07. The van der Waals surface area contributed by atoms with Crippen molar-refractivity contribution in [3.8, 4) is 11.4 Å². The van der Waals surface area contributed by atoms with Crippen molar-refractivity contribution in [3.05, 3.63) is 61.0 Å². The lowest BCUT2D eigenvalue weighted by Gasteiger charge is -1.99. The maximum absolute atomic E-state index is 12.5. The van der Waals surface area contributed by atoms with E-state index in [0.29, 0.717) is 5.82 Å². The summed E-state index contributed by atoms with van der Waals surface area (Å²) in [5.41, 5.74) is 1.68. The van der Waals surface area contributed by atoms with Crippen LogP contribution in [0.4, 0.5) is 4.39 Å². The predicted molar refractivity (Wildman–Crippen MR) is 61.9 cm³/mol. The molecule has 1 radical (unpaired) electrons. The molecule has 0 amide bonds. The normalized spacial score (nSPS) is 11.5. The molecule has 1 aromatic carbocycles. The summed E-state index contributed by atoms with van der Waals surface area (Å²) in [5.74, 6) is 0.205. The molecular weight excluding hydrogens is 203 g/mol. The van der Waals surface area contributed by atoms with E-state index in [9.17, 15) is 4.39 Å². The van der Waals surface area contributed by atoms with E-state index in [1.807, 2.05) is 12.1 Å². The van der Waals surface area contributed by atoms with Crippen LogP contribution in [0.2, 0.25) is 0 Å². The van der Waals surface area contributed by atoms with Crippen molar-refractivity contribution in [2.24, 2.45) is 0 Å². The molecule has 1 aromatic heterocycles. The highest BCUT2D eigenvalue weighted by Gasteiger charge is 1.98. The molecule has 3 heteroatoms. The van der Waals surface area contributed by atoms with Gasteiger partial charge >= 0.3 is 0 Å². The molecule has 0 aliphatic rings. The van der Waals surface area contributed by atoms with Gasteiger partial charge in [-0.1, -0.05) is 24.3 Å². The fraction of sp³-hybridized carbons (Fsp3) is 0. The average Bonchev–Trinajstić information content (AvgIpc) is 2.30. The number of allylic oxidation sites excluding steroid dienone is 1. The van der Waals surface area contributed by atoms with Crippen LogP contribution < -0.4 is 0 Å². The summed E-state index contributed by atoms with van der Waals surface area (Å²) in [6.45, 7) is 3.18. The quantitative estimate of drug-likeness (QED) is 0.765. The predicted octanol–water partition coefficient (Wildman–Crippen LogP) is 3.29. The Morgan fingerprint density at radius 1 is 1.12 bits per heavy atom. The van der Waals surface area contributed by atoms with Crippen LogP contribution in [0, 0.1) is 6.92 Å². The van der Waals surface area contributed by atoms with Crippen LogP contribution in [0.1, 0.15) is 5.56 Å². The van der Waals surface area contributed by atoms with Crippen molar-refractivity contribution in [2.75, 3.05) is 0 Å². The summed E-state index contributed by atoms with van der Waals surface area (Å²) in [7, 11) is 0. The maximum Gasteiger partial charge on any atom is 0.159 e. The van der Waals surface area contributed by atoms with E-state index in [-0.39, 0.29) is 0 Å². The van der Waals surface area contributed by atoms with E-state index in [0.717, 1.165) is 11.1 Å². The Labute approximate surface area is 93.5 Å². The van der Waals surface area contributed by atoms with Gasteiger partial charge in [0, 0.05) is 24.9 Å². The highest BCUT2D eigenvalue weighted by Crippen LogP contribution is 2.16. The van der Waals surface area contributed by atoms with Gasteiger partial charge in [0.05, 0.1) is 0 Å². The molecule has 0 aliphatic heterocycles. The van der Waals surface area contributed by atoms with Crippen LogP contribution in [-0.2, 0) is 0 Å². The number of hydrogen-bond donors (Lipinski definition) is 0. The first kappa shape index (κ1) is 10.5. The molecule has 2 nitrogen and oxygen atoms in total. The van der Waals surface area contributed by atoms with Crippen molar-refractivity contribution >= 4 is 6.08 Å². The Bertz CT molecular complexity index is 485. The zero-order valence-corrected chi connectivity index (χ0v) is 8.60. The van der Waals surface area contributed by atoms with Gasteiger partial charge in [0.2, 0.25) is 0 Å². The van der Waals surface area contributed by atoms with Crippen LogP contribution in [0.5, 0.6) is 0 Å². The molecule has 1 heterocycles. The third kappa shape index (κ3) is 2.51. The first-order chi connectivity index (χ1) is 7.75. The van der Waals surface area contributed by atoms with Gasteiger partial charge in [-0.2, -0.15) is 0 Å². The highest BCUT2D eigenvalue weighted by atomic mass is 19.1. The number of nitrogens with zero attached hydrogens (tertiary/aromatic N) is 2. The van der Waals surface area contributed by atoms with E-state index in [1.54, 1.807) is 30.6 Å². The van der Waals surface area contributed by atoms with Crippen LogP contribution in [-0.4, -0.2) is 9.97 Å². The number of rotatable bonds is 2. The second-order valence-corrected chi connectivity index (χ2v) is 3.29. The minimum absolute atomic E-state index is 0.455. The maximum atomic E-state index is 12.5. The molecule has 0 fully saturated rings. The van der Waals surface area contributed by atoms with Gasteiger partial charge in [-0.3, -0.25) is 0 Å². The van der Waals surface area contributed by atoms with E-state index in [1.165, 1.54) is 6.08 Å². The van der Waals surface area contributed by atoms with Gasteiger partial charge in [-0.25, -0.2) is 14.4 Å². The molecule has 0 saturated carbocycles. The summed E-state index contributed by atoms with van der Waals surface area (Å²) in [6.07, 6.45) is 4.74. The second kappa shape index (κ2) is 4.66. The number of aromatic nitrogens is 2. The van der Waals surface area contributed by atoms with Crippen LogP contribution in [0.15, 0.2) is 48.6 Å². The summed E-state index contributed by atoms with van der Waals surface area (Å²) < 4.78 is 12.5. The van der Waals surface area contributed by atoms with Crippen molar-refractivity contribution < 1.29 is 4.39 Å². The molecule has 0 saturated heterocycles. The smallest absolute Gasteiger partial charge is 0.159 e. The molecule has 2 aromatic rings.